The first-order valence-electron chi connectivity index (χ1n) is 11.3. The predicted octanol–water partition coefficient (Wildman–Crippen LogP) is 8.43. The molecular weight excluding hydrogens is 563 g/mol. The van der Waals surface area contributed by atoms with Crippen LogP contribution in [0.5, 0.6) is 0 Å². The summed E-state index contributed by atoms with van der Waals surface area (Å²) in [5.74, 6) is -27.0. The third-order valence-corrected chi connectivity index (χ3v) is 8.48. The maximum atomic E-state index is 14.3. The zero-order chi connectivity index (χ0) is 29.4. The van der Waals surface area contributed by atoms with E-state index in [0.717, 1.165) is 0 Å². The van der Waals surface area contributed by atoms with Crippen molar-refractivity contribution < 1.29 is 70.4 Å². The standard InChI is InChI=1S/C20H31F13O3Si/c1-34-37(35-2,36-3)20(32,33)19(30,31)18(28,29)17(26,27)15(21,22)13-11-9-7-5-4-6-8-10-12-14-16(23,24)25/h4-14H2,1-3H3. The lowest BCUT2D eigenvalue weighted by molar-refractivity contribution is -0.396. The van der Waals surface area contributed by atoms with Crippen molar-refractivity contribution in [3.05, 3.63) is 0 Å². The molecule has 0 spiro atoms. The van der Waals surface area contributed by atoms with E-state index in [2.05, 4.69) is 13.3 Å². The van der Waals surface area contributed by atoms with E-state index in [1.54, 1.807) is 0 Å². The number of unbranched alkanes of at least 4 members (excludes halogenated alkanes) is 8. The maximum absolute atomic E-state index is 14.3. The Kier molecular flexibility index (Phi) is 13.2. The van der Waals surface area contributed by atoms with Crippen LogP contribution in [0.1, 0.15) is 70.6 Å². The third kappa shape index (κ3) is 8.10. The molecule has 0 aromatic carbocycles. The van der Waals surface area contributed by atoms with Crippen LogP contribution in [0.2, 0.25) is 0 Å². The summed E-state index contributed by atoms with van der Waals surface area (Å²) in [6.07, 6.45) is -5.84. The number of rotatable bonds is 19. The molecule has 0 saturated carbocycles. The topological polar surface area (TPSA) is 27.7 Å². The van der Waals surface area contributed by atoms with Crippen molar-refractivity contribution in [3.63, 3.8) is 0 Å². The Balaban J connectivity index is 5.01. The summed E-state index contributed by atoms with van der Waals surface area (Å²) in [4.78, 5) is 0. The molecular formula is C20H31F13O3Si. The van der Waals surface area contributed by atoms with E-state index in [-0.39, 0.29) is 19.3 Å². The number of halogens is 13. The first-order valence-corrected chi connectivity index (χ1v) is 13.0. The van der Waals surface area contributed by atoms with Gasteiger partial charge in [-0.05, 0) is 12.8 Å². The van der Waals surface area contributed by atoms with Crippen LogP contribution in [-0.2, 0) is 13.3 Å². The number of hydrogen-bond acceptors (Lipinski definition) is 3. The van der Waals surface area contributed by atoms with Gasteiger partial charge in [-0.1, -0.05) is 44.9 Å². The highest BCUT2D eigenvalue weighted by atomic mass is 28.4. The summed E-state index contributed by atoms with van der Waals surface area (Å²) in [6, 6.07) is 0. The van der Waals surface area contributed by atoms with E-state index in [1.165, 1.54) is 0 Å². The summed E-state index contributed by atoms with van der Waals surface area (Å²) in [6.45, 7) is 0. The average Bonchev–Trinajstić information content (AvgIpc) is 2.77. The van der Waals surface area contributed by atoms with Gasteiger partial charge in [0.2, 0.25) is 0 Å². The highest BCUT2D eigenvalue weighted by Gasteiger charge is 2.91. The number of hydrogen-bond donors (Lipinski definition) is 0. The van der Waals surface area contributed by atoms with Crippen molar-refractivity contribution in [3.8, 4) is 0 Å². The highest BCUT2D eigenvalue weighted by Crippen LogP contribution is 2.59. The Labute approximate surface area is 207 Å². The van der Waals surface area contributed by atoms with Crippen LogP contribution in [0.4, 0.5) is 57.1 Å². The molecule has 0 aliphatic heterocycles. The van der Waals surface area contributed by atoms with E-state index in [9.17, 15) is 57.1 Å². The minimum atomic E-state index is -7.24. The van der Waals surface area contributed by atoms with Gasteiger partial charge in [0, 0.05) is 34.2 Å². The lowest BCUT2D eigenvalue weighted by Crippen LogP contribution is -2.75. The van der Waals surface area contributed by atoms with Gasteiger partial charge in [0.1, 0.15) is 0 Å². The fourth-order valence-electron chi connectivity index (χ4n) is 3.52. The van der Waals surface area contributed by atoms with E-state index in [0.29, 0.717) is 53.4 Å². The first kappa shape index (κ1) is 36.2. The van der Waals surface area contributed by atoms with Gasteiger partial charge < -0.3 is 13.3 Å². The van der Waals surface area contributed by atoms with Gasteiger partial charge in [-0.25, -0.2) is 0 Å². The Morgan fingerprint density at radius 3 is 1.08 bits per heavy atom. The third-order valence-electron chi connectivity index (χ3n) is 5.78. The van der Waals surface area contributed by atoms with Crippen molar-refractivity contribution >= 4 is 8.80 Å². The predicted molar refractivity (Wildman–Crippen MR) is 108 cm³/mol. The lowest BCUT2D eigenvalue weighted by atomic mass is 9.94. The van der Waals surface area contributed by atoms with Crippen LogP contribution >= 0.6 is 0 Å². The van der Waals surface area contributed by atoms with Gasteiger partial charge in [0.15, 0.2) is 0 Å². The van der Waals surface area contributed by atoms with Crippen LogP contribution in [0.15, 0.2) is 0 Å². The normalized spacial score (nSPS) is 14.9. The molecule has 0 rings (SSSR count). The minimum absolute atomic E-state index is 0.0476. The highest BCUT2D eigenvalue weighted by molar-refractivity contribution is 6.63. The first-order chi connectivity index (χ1) is 16.6. The SMILES string of the molecule is CO[Si](OC)(OC)C(F)(F)C(F)(F)C(F)(F)C(F)(F)C(F)(F)CCCCCCCCCCCC(F)(F)F. The van der Waals surface area contributed by atoms with E-state index >= 15 is 0 Å². The molecule has 0 atom stereocenters. The molecule has 0 heterocycles. The lowest BCUT2D eigenvalue weighted by Gasteiger charge is -2.42. The number of alkyl halides is 13. The Morgan fingerprint density at radius 2 is 0.757 bits per heavy atom. The van der Waals surface area contributed by atoms with Crippen molar-refractivity contribution in [2.45, 2.75) is 106 Å². The molecule has 0 aliphatic rings. The largest absolute Gasteiger partial charge is 0.581 e. The second-order valence-electron chi connectivity index (χ2n) is 8.47. The van der Waals surface area contributed by atoms with E-state index in [1.807, 2.05) is 0 Å². The van der Waals surface area contributed by atoms with Crippen LogP contribution in [0, 0.1) is 0 Å². The second kappa shape index (κ2) is 13.5. The Hall–Kier alpha value is -0.813. The molecule has 0 aromatic rings. The quantitative estimate of drug-likeness (QED) is 0.0854. The fraction of sp³-hybridized carbons (Fsp3) is 1.00. The molecule has 0 bridgehead atoms. The van der Waals surface area contributed by atoms with Gasteiger partial charge in [-0.15, -0.1) is 0 Å². The molecule has 0 N–H and O–H groups in total. The van der Waals surface area contributed by atoms with Crippen molar-refractivity contribution in [2.75, 3.05) is 21.3 Å². The molecule has 0 fully saturated rings. The molecule has 3 nitrogen and oxygen atoms in total. The van der Waals surface area contributed by atoms with Gasteiger partial charge in [-0.2, -0.15) is 57.1 Å². The molecule has 0 radical (unpaired) electrons. The van der Waals surface area contributed by atoms with Crippen molar-refractivity contribution in [2.24, 2.45) is 0 Å². The van der Waals surface area contributed by atoms with Crippen molar-refractivity contribution in [1.82, 2.24) is 0 Å². The monoisotopic (exact) mass is 594 g/mol. The molecule has 0 unspecified atom stereocenters. The molecule has 224 valence electrons. The molecule has 0 amide bonds. The van der Waals surface area contributed by atoms with Gasteiger partial charge >= 0.3 is 44.2 Å². The van der Waals surface area contributed by atoms with Gasteiger partial charge in [0.25, 0.3) is 0 Å². The minimum Gasteiger partial charge on any atom is -0.373 e. The molecule has 37 heavy (non-hydrogen) atoms. The average molecular weight is 595 g/mol. The van der Waals surface area contributed by atoms with Crippen LogP contribution in [0.3, 0.4) is 0 Å². The van der Waals surface area contributed by atoms with E-state index in [4.69, 9.17) is 0 Å². The Bertz CT molecular complexity index is 660. The zero-order valence-corrected chi connectivity index (χ0v) is 21.4. The maximum Gasteiger partial charge on any atom is 0.581 e. The fourth-order valence-corrected chi connectivity index (χ4v) is 5.33. The second-order valence-corrected chi connectivity index (χ2v) is 11.4. The van der Waals surface area contributed by atoms with Gasteiger partial charge in [0.05, 0.1) is 0 Å². The van der Waals surface area contributed by atoms with Gasteiger partial charge in [-0.3, -0.25) is 0 Å². The summed E-state index contributed by atoms with van der Waals surface area (Å²) in [5.41, 5.74) is -6.23. The van der Waals surface area contributed by atoms with Crippen LogP contribution < -0.4 is 0 Å². The zero-order valence-electron chi connectivity index (χ0n) is 20.4. The molecule has 17 heteroatoms. The van der Waals surface area contributed by atoms with Crippen LogP contribution in [0.25, 0.3) is 0 Å². The Morgan fingerprint density at radius 1 is 0.432 bits per heavy atom. The molecule has 0 aromatic heterocycles. The summed E-state index contributed by atoms with van der Waals surface area (Å²) in [5, 5.41) is 0. The van der Waals surface area contributed by atoms with E-state index < -0.39 is 63.5 Å². The van der Waals surface area contributed by atoms with Crippen molar-refractivity contribution in [1.29, 1.82) is 0 Å². The molecule has 0 aliphatic carbocycles. The summed E-state index contributed by atoms with van der Waals surface area (Å²) >= 11 is 0. The summed E-state index contributed by atoms with van der Waals surface area (Å²) < 4.78 is 189. The smallest absolute Gasteiger partial charge is 0.373 e. The van der Waals surface area contributed by atoms with Crippen LogP contribution in [-0.4, -0.2) is 65.5 Å². The summed E-state index contributed by atoms with van der Waals surface area (Å²) in [7, 11) is -5.16. The molecule has 0 saturated heterocycles.